The number of nitrogens with one attached hydrogen (secondary N) is 1. The Morgan fingerprint density at radius 3 is 2.14 bits per heavy atom. The van der Waals surface area contributed by atoms with Gasteiger partial charge in [0.25, 0.3) is 0 Å². The van der Waals surface area contributed by atoms with Crippen molar-refractivity contribution in [2.45, 2.75) is 66.3 Å². The Bertz CT molecular complexity index is 1600. The van der Waals surface area contributed by atoms with E-state index in [2.05, 4.69) is 4.72 Å². The van der Waals surface area contributed by atoms with Crippen molar-refractivity contribution in [1.82, 2.24) is 9.62 Å². The molecular weight excluding hydrogens is 636 g/mol. The lowest BCUT2D eigenvalue weighted by Crippen LogP contribution is -2.53. The molecule has 2 aliphatic rings. The van der Waals surface area contributed by atoms with E-state index in [0.29, 0.717) is 12.1 Å². The molecule has 2 atom stereocenters. The summed E-state index contributed by atoms with van der Waals surface area (Å²) in [6.45, 7) is 1.34. The van der Waals surface area contributed by atoms with Crippen molar-refractivity contribution in [3.05, 3.63) is 65.0 Å². The molecule has 1 aliphatic heterocycles. The molecule has 1 amide bonds. The van der Waals surface area contributed by atoms with Gasteiger partial charge in [-0.15, -0.1) is 0 Å². The van der Waals surface area contributed by atoms with Crippen LogP contribution < -0.4 is 4.72 Å². The van der Waals surface area contributed by atoms with E-state index in [1.54, 1.807) is 0 Å². The fourth-order valence-corrected chi connectivity index (χ4v) is 9.40. The molecule has 17 heteroatoms. The third-order valence-corrected chi connectivity index (χ3v) is 12.0. The van der Waals surface area contributed by atoms with Crippen LogP contribution in [0.5, 0.6) is 0 Å². The molecule has 2 aromatic carbocycles. The SMILES string of the molecule is CCNS(=O)(=O)CCC(=O)N1CC[C@@]2(S(=O)(=O)c3ccc(F)cc3)c3ccc(C(F)(C(F)(F)F)C(F)(F)F)cc3CC[C@@H]12. The maximum absolute atomic E-state index is 14.9. The van der Waals surface area contributed by atoms with Crippen molar-refractivity contribution in [1.29, 1.82) is 0 Å². The Labute approximate surface area is 242 Å². The number of carbonyl (C=O) groups excluding carboxylic acids is 1. The highest BCUT2D eigenvalue weighted by Crippen LogP contribution is 2.56. The van der Waals surface area contributed by atoms with Crippen molar-refractivity contribution in [2.24, 2.45) is 0 Å². The van der Waals surface area contributed by atoms with E-state index in [9.17, 15) is 56.8 Å². The standard InChI is InChI=1S/C26H26F8N2O5S2/c1-2-35-42(38,39)14-11-22(37)36-13-12-23(43(40,41)19-7-5-18(27)6-8-19)20-9-4-17(15-16(20)3-10-21(23)36)24(28,25(29,30)31)26(32,33)34/h4-9,15,21,35H,2-3,10-14H2,1H3/t21-,23-/m1/s1. The second kappa shape index (κ2) is 11.0. The number of nitrogens with zero attached hydrogens (tertiary/aromatic N) is 1. The molecule has 1 aliphatic carbocycles. The zero-order valence-electron chi connectivity index (χ0n) is 22.4. The average Bonchev–Trinajstić information content (AvgIpc) is 3.32. The number of aryl methyl sites for hydroxylation is 1. The lowest BCUT2D eigenvalue weighted by atomic mass is 9.76. The van der Waals surface area contributed by atoms with Gasteiger partial charge in [-0.3, -0.25) is 4.79 Å². The molecule has 0 radical (unpaired) electrons. The zero-order valence-corrected chi connectivity index (χ0v) is 24.0. The topological polar surface area (TPSA) is 101 Å². The van der Waals surface area contributed by atoms with Crippen LogP contribution in [-0.2, 0) is 41.5 Å². The van der Waals surface area contributed by atoms with Gasteiger partial charge in [0.1, 0.15) is 10.6 Å². The number of sulfonamides is 1. The number of carbonyl (C=O) groups is 1. The van der Waals surface area contributed by atoms with Gasteiger partial charge in [0.05, 0.1) is 16.7 Å². The Hall–Kier alpha value is -2.79. The van der Waals surface area contributed by atoms with E-state index >= 15 is 0 Å². The van der Waals surface area contributed by atoms with Crippen LogP contribution in [-0.4, -0.2) is 64.9 Å². The summed E-state index contributed by atoms with van der Waals surface area (Å²) in [7, 11) is -8.48. The lowest BCUT2D eigenvalue weighted by Gasteiger charge is -2.43. The number of hydrogen-bond donors (Lipinski definition) is 1. The van der Waals surface area contributed by atoms with Crippen molar-refractivity contribution in [3.63, 3.8) is 0 Å². The fraction of sp³-hybridized carbons (Fsp3) is 0.500. The Morgan fingerprint density at radius 2 is 1.58 bits per heavy atom. The monoisotopic (exact) mass is 662 g/mol. The highest BCUT2D eigenvalue weighted by Gasteiger charge is 2.73. The lowest BCUT2D eigenvalue weighted by molar-refractivity contribution is -0.348. The molecule has 1 fully saturated rings. The van der Waals surface area contributed by atoms with E-state index in [4.69, 9.17) is 0 Å². The Morgan fingerprint density at radius 1 is 0.977 bits per heavy atom. The number of rotatable bonds is 8. The van der Waals surface area contributed by atoms with E-state index in [1.165, 1.54) is 6.92 Å². The van der Waals surface area contributed by atoms with Crippen LogP contribution in [0.3, 0.4) is 0 Å². The largest absolute Gasteiger partial charge is 0.435 e. The summed E-state index contributed by atoms with van der Waals surface area (Å²) in [5.41, 5.74) is -8.04. The smallest absolute Gasteiger partial charge is 0.338 e. The van der Waals surface area contributed by atoms with Crippen molar-refractivity contribution in [2.75, 3.05) is 18.8 Å². The Balaban J connectivity index is 1.87. The van der Waals surface area contributed by atoms with Gasteiger partial charge < -0.3 is 4.90 Å². The van der Waals surface area contributed by atoms with Crippen molar-refractivity contribution in [3.8, 4) is 0 Å². The molecule has 43 heavy (non-hydrogen) atoms. The summed E-state index contributed by atoms with van der Waals surface area (Å²) < 4.78 is 162. The summed E-state index contributed by atoms with van der Waals surface area (Å²) in [6, 6.07) is 3.64. The number of likely N-dealkylation sites (tertiary alicyclic amines) is 1. The molecule has 0 spiro atoms. The molecule has 0 unspecified atom stereocenters. The Kier molecular flexibility index (Phi) is 8.45. The number of benzene rings is 2. The molecule has 1 heterocycles. The van der Waals surface area contributed by atoms with Crippen LogP contribution >= 0.6 is 0 Å². The average molecular weight is 663 g/mol. The van der Waals surface area contributed by atoms with Gasteiger partial charge in [-0.1, -0.05) is 25.1 Å². The highest BCUT2D eigenvalue weighted by molar-refractivity contribution is 7.92. The first kappa shape index (κ1) is 33.1. The molecule has 7 nitrogen and oxygen atoms in total. The number of fused-ring (bicyclic) bond motifs is 3. The van der Waals surface area contributed by atoms with Gasteiger partial charge in [0, 0.05) is 25.1 Å². The predicted molar refractivity (Wildman–Crippen MR) is 137 cm³/mol. The number of halogens is 8. The first-order valence-electron chi connectivity index (χ1n) is 13.0. The van der Waals surface area contributed by atoms with Crippen LogP contribution in [0.2, 0.25) is 0 Å². The first-order valence-corrected chi connectivity index (χ1v) is 16.1. The summed E-state index contributed by atoms with van der Waals surface area (Å²) in [4.78, 5) is 13.9. The molecule has 238 valence electrons. The van der Waals surface area contributed by atoms with Gasteiger partial charge in [-0.25, -0.2) is 30.3 Å². The molecule has 0 bridgehead atoms. The normalized spacial score (nSPS) is 21.4. The summed E-state index contributed by atoms with van der Waals surface area (Å²) >= 11 is 0. The van der Waals surface area contributed by atoms with Crippen molar-refractivity contribution < 1.29 is 56.8 Å². The van der Waals surface area contributed by atoms with E-state index < -0.39 is 83.0 Å². The van der Waals surface area contributed by atoms with E-state index in [0.717, 1.165) is 29.2 Å². The van der Waals surface area contributed by atoms with Gasteiger partial charge in [-0.2, -0.15) is 26.3 Å². The van der Waals surface area contributed by atoms with Gasteiger partial charge in [0.15, 0.2) is 9.84 Å². The zero-order chi connectivity index (χ0) is 32.2. The molecule has 1 saturated heterocycles. The third kappa shape index (κ3) is 5.41. The van der Waals surface area contributed by atoms with Gasteiger partial charge in [-0.05, 0) is 54.7 Å². The maximum Gasteiger partial charge on any atom is 0.435 e. The molecule has 0 saturated carbocycles. The summed E-state index contributed by atoms with van der Waals surface area (Å²) in [5.74, 6) is -2.14. The molecule has 1 N–H and O–H groups in total. The molecule has 0 aromatic heterocycles. The second-order valence-corrected chi connectivity index (χ2v) is 14.5. The van der Waals surface area contributed by atoms with Crippen LogP contribution in [0.4, 0.5) is 35.1 Å². The van der Waals surface area contributed by atoms with Crippen LogP contribution in [0.25, 0.3) is 0 Å². The minimum absolute atomic E-state index is 0.0590. The first-order chi connectivity index (χ1) is 19.7. The summed E-state index contributed by atoms with van der Waals surface area (Å²) in [5, 5.41) is 0. The van der Waals surface area contributed by atoms with Crippen LogP contribution in [0, 0.1) is 5.82 Å². The van der Waals surface area contributed by atoms with Gasteiger partial charge in [0.2, 0.25) is 15.9 Å². The number of alkyl halides is 7. The molecule has 4 rings (SSSR count). The molecular formula is C26H26F8N2O5S2. The predicted octanol–water partition coefficient (Wildman–Crippen LogP) is 4.66. The van der Waals surface area contributed by atoms with E-state index in [-0.39, 0.29) is 49.5 Å². The maximum atomic E-state index is 14.9. The number of hydrogen-bond acceptors (Lipinski definition) is 5. The third-order valence-electron chi connectivity index (χ3n) is 7.94. The minimum atomic E-state index is -6.39. The number of amides is 1. The van der Waals surface area contributed by atoms with Gasteiger partial charge >= 0.3 is 18.0 Å². The summed E-state index contributed by atoms with van der Waals surface area (Å²) in [6.07, 6.45) is -14.3. The van der Waals surface area contributed by atoms with Crippen molar-refractivity contribution >= 4 is 25.8 Å². The van der Waals surface area contributed by atoms with Crippen LogP contribution in [0.15, 0.2) is 47.4 Å². The number of sulfone groups is 1. The quantitative estimate of drug-likeness (QED) is 0.328. The van der Waals surface area contributed by atoms with Crippen LogP contribution in [0.1, 0.15) is 42.9 Å². The highest BCUT2D eigenvalue weighted by atomic mass is 32.2. The molecule has 2 aromatic rings. The van der Waals surface area contributed by atoms with E-state index in [1.807, 2.05) is 0 Å². The second-order valence-electron chi connectivity index (χ2n) is 10.3. The fourth-order valence-electron chi connectivity index (χ4n) is 6.01. The minimum Gasteiger partial charge on any atom is -0.338 e.